The first-order chi connectivity index (χ1) is 14.4. The Kier molecular flexibility index (Phi) is 6.45. The van der Waals surface area contributed by atoms with E-state index in [0.717, 1.165) is 6.42 Å². The Bertz CT molecular complexity index is 979. The van der Waals surface area contributed by atoms with Crippen LogP contribution in [0.15, 0.2) is 59.9 Å². The van der Waals surface area contributed by atoms with Gasteiger partial charge in [0.05, 0.1) is 25.3 Å². The zero-order valence-electron chi connectivity index (χ0n) is 17.7. The molecule has 0 aromatic heterocycles. The Hall–Kier alpha value is -3.28. The second-order valence-corrected chi connectivity index (χ2v) is 7.48. The Balaban J connectivity index is 2.15. The molecule has 1 N–H and O–H groups in total. The predicted molar refractivity (Wildman–Crippen MR) is 115 cm³/mol. The van der Waals surface area contributed by atoms with Gasteiger partial charge in [-0.2, -0.15) is 0 Å². The van der Waals surface area contributed by atoms with E-state index in [1.165, 1.54) is 4.90 Å². The van der Waals surface area contributed by atoms with Crippen molar-refractivity contribution in [2.45, 2.75) is 33.2 Å². The Morgan fingerprint density at radius 3 is 2.50 bits per heavy atom. The molecule has 2 aromatic carbocycles. The maximum atomic E-state index is 13.1. The molecule has 1 aliphatic rings. The molecule has 6 nitrogen and oxygen atoms in total. The van der Waals surface area contributed by atoms with Gasteiger partial charge in [-0.05, 0) is 36.2 Å². The number of rotatable bonds is 8. The summed E-state index contributed by atoms with van der Waals surface area (Å²) in [5.41, 5.74) is 1.32. The number of ketones is 1. The van der Waals surface area contributed by atoms with Crippen molar-refractivity contribution in [1.29, 1.82) is 0 Å². The fraction of sp³-hybridized carbons (Fsp3) is 0.333. The van der Waals surface area contributed by atoms with Crippen molar-refractivity contribution in [3.05, 3.63) is 65.4 Å². The van der Waals surface area contributed by atoms with Gasteiger partial charge in [-0.1, -0.05) is 39.0 Å². The van der Waals surface area contributed by atoms with E-state index in [-0.39, 0.29) is 17.3 Å². The van der Waals surface area contributed by atoms with Crippen LogP contribution in [0.25, 0.3) is 0 Å². The maximum absolute atomic E-state index is 13.1. The van der Waals surface area contributed by atoms with Crippen LogP contribution in [0.2, 0.25) is 0 Å². The molecule has 3 rings (SSSR count). The summed E-state index contributed by atoms with van der Waals surface area (Å²) in [6.07, 6.45) is 0.861. The summed E-state index contributed by atoms with van der Waals surface area (Å²) in [5.74, 6) is -0.547. The Labute approximate surface area is 176 Å². The number of benzene rings is 2. The highest BCUT2D eigenvalue weighted by Crippen LogP contribution is 2.43. The molecular weight excluding hydrogens is 382 g/mol. The van der Waals surface area contributed by atoms with Crippen molar-refractivity contribution in [3.63, 3.8) is 0 Å². The number of aliphatic hydroxyl groups is 1. The molecule has 1 amide bonds. The number of methoxy groups -OCH3 is 1. The van der Waals surface area contributed by atoms with E-state index >= 15 is 0 Å². The third-order valence-electron chi connectivity index (χ3n) is 4.98. The van der Waals surface area contributed by atoms with E-state index in [1.54, 1.807) is 45.2 Å². The van der Waals surface area contributed by atoms with Crippen LogP contribution >= 0.6 is 0 Å². The normalized spacial score (nSPS) is 16.4. The minimum atomic E-state index is -0.760. The number of carbonyl (C=O) groups is 2. The van der Waals surface area contributed by atoms with Crippen LogP contribution < -0.4 is 14.4 Å². The van der Waals surface area contributed by atoms with Crippen molar-refractivity contribution < 1.29 is 24.2 Å². The third kappa shape index (κ3) is 4.03. The van der Waals surface area contributed by atoms with E-state index < -0.39 is 17.7 Å². The lowest BCUT2D eigenvalue weighted by atomic mass is 9.91. The average molecular weight is 409 g/mol. The smallest absolute Gasteiger partial charge is 0.294 e. The van der Waals surface area contributed by atoms with Crippen LogP contribution in [0.1, 0.15) is 38.8 Å². The first-order valence-electron chi connectivity index (χ1n) is 10.1. The molecular formula is C24H27NO5. The van der Waals surface area contributed by atoms with Gasteiger partial charge in [-0.25, -0.2) is 0 Å². The molecule has 0 fully saturated rings. The molecule has 1 atom stereocenters. The molecule has 1 aliphatic heterocycles. The number of aliphatic hydroxyl groups excluding tert-OH is 1. The Morgan fingerprint density at radius 1 is 1.13 bits per heavy atom. The highest BCUT2D eigenvalue weighted by Gasteiger charge is 2.45. The number of amides is 1. The van der Waals surface area contributed by atoms with Gasteiger partial charge in [-0.15, -0.1) is 0 Å². The van der Waals surface area contributed by atoms with Gasteiger partial charge >= 0.3 is 0 Å². The van der Waals surface area contributed by atoms with E-state index in [9.17, 15) is 14.7 Å². The van der Waals surface area contributed by atoms with Crippen molar-refractivity contribution in [1.82, 2.24) is 0 Å². The SMILES string of the molecule is CCCOc1cccc(C2C(C(=O)C(C)C)=C(O)C(=O)N2c2cccc(OC)c2)c1. The summed E-state index contributed by atoms with van der Waals surface area (Å²) in [7, 11) is 1.54. The highest BCUT2D eigenvalue weighted by molar-refractivity contribution is 6.16. The minimum Gasteiger partial charge on any atom is -0.503 e. The number of carbonyl (C=O) groups excluding carboxylic acids is 2. The number of ether oxygens (including phenoxy) is 2. The van der Waals surface area contributed by atoms with Crippen molar-refractivity contribution >= 4 is 17.4 Å². The number of hydrogen-bond acceptors (Lipinski definition) is 5. The topological polar surface area (TPSA) is 76.1 Å². The van der Waals surface area contributed by atoms with Crippen molar-refractivity contribution in [2.24, 2.45) is 5.92 Å². The minimum absolute atomic E-state index is 0.102. The molecule has 0 saturated carbocycles. The van der Waals surface area contributed by atoms with E-state index in [4.69, 9.17) is 9.47 Å². The molecule has 0 spiro atoms. The lowest BCUT2D eigenvalue weighted by Gasteiger charge is -2.28. The fourth-order valence-electron chi connectivity index (χ4n) is 3.50. The molecule has 6 heteroatoms. The largest absolute Gasteiger partial charge is 0.503 e. The molecule has 1 heterocycles. The van der Waals surface area contributed by atoms with Crippen molar-refractivity contribution in [3.8, 4) is 11.5 Å². The van der Waals surface area contributed by atoms with E-state index in [2.05, 4.69) is 0 Å². The number of Topliss-reactive ketones (excluding diaryl/α,β-unsaturated/α-hetero) is 1. The van der Waals surface area contributed by atoms with Gasteiger partial charge in [0.1, 0.15) is 11.5 Å². The molecule has 0 radical (unpaired) electrons. The van der Waals surface area contributed by atoms with Gasteiger partial charge in [0.25, 0.3) is 5.91 Å². The molecule has 30 heavy (non-hydrogen) atoms. The monoisotopic (exact) mass is 409 g/mol. The molecule has 158 valence electrons. The summed E-state index contributed by atoms with van der Waals surface area (Å²) >= 11 is 0. The summed E-state index contributed by atoms with van der Waals surface area (Å²) in [6, 6.07) is 13.5. The first-order valence-corrected chi connectivity index (χ1v) is 10.1. The molecule has 0 bridgehead atoms. The quantitative estimate of drug-likeness (QED) is 0.689. The Morgan fingerprint density at radius 2 is 1.83 bits per heavy atom. The number of nitrogens with zero attached hydrogens (tertiary/aromatic N) is 1. The third-order valence-corrected chi connectivity index (χ3v) is 4.98. The van der Waals surface area contributed by atoms with Crippen LogP contribution in [-0.2, 0) is 9.59 Å². The maximum Gasteiger partial charge on any atom is 0.294 e. The first kappa shape index (κ1) is 21.4. The van der Waals surface area contributed by atoms with Crippen LogP contribution in [0, 0.1) is 5.92 Å². The number of anilines is 1. The fourth-order valence-corrected chi connectivity index (χ4v) is 3.50. The van der Waals surface area contributed by atoms with Gasteiger partial charge in [0, 0.05) is 17.7 Å². The second-order valence-electron chi connectivity index (χ2n) is 7.48. The zero-order chi connectivity index (χ0) is 21.8. The van der Waals surface area contributed by atoms with Gasteiger partial charge in [0.15, 0.2) is 11.5 Å². The molecule has 0 saturated heterocycles. The van der Waals surface area contributed by atoms with E-state index in [0.29, 0.717) is 29.4 Å². The van der Waals surface area contributed by atoms with Gasteiger partial charge in [0.2, 0.25) is 0 Å². The predicted octanol–water partition coefficient (Wildman–Crippen LogP) is 4.61. The van der Waals surface area contributed by atoms with Crippen LogP contribution in [0.3, 0.4) is 0 Å². The summed E-state index contributed by atoms with van der Waals surface area (Å²) in [4.78, 5) is 27.5. The summed E-state index contributed by atoms with van der Waals surface area (Å²) < 4.78 is 11.0. The van der Waals surface area contributed by atoms with Crippen LogP contribution in [0.5, 0.6) is 11.5 Å². The highest BCUT2D eigenvalue weighted by atomic mass is 16.5. The summed E-state index contributed by atoms with van der Waals surface area (Å²) in [6.45, 7) is 6.08. The van der Waals surface area contributed by atoms with Gasteiger partial charge in [-0.3, -0.25) is 14.5 Å². The number of hydrogen-bond donors (Lipinski definition) is 1. The average Bonchev–Trinajstić information content (AvgIpc) is 3.02. The van der Waals surface area contributed by atoms with E-state index in [1.807, 2.05) is 31.2 Å². The lowest BCUT2D eigenvalue weighted by Crippen LogP contribution is -2.31. The molecule has 2 aromatic rings. The molecule has 1 unspecified atom stereocenters. The molecule has 0 aliphatic carbocycles. The summed E-state index contributed by atoms with van der Waals surface area (Å²) in [5, 5.41) is 10.7. The van der Waals surface area contributed by atoms with Gasteiger partial charge < -0.3 is 14.6 Å². The lowest BCUT2D eigenvalue weighted by molar-refractivity contribution is -0.119. The zero-order valence-corrected chi connectivity index (χ0v) is 17.7. The van der Waals surface area contributed by atoms with Crippen molar-refractivity contribution in [2.75, 3.05) is 18.6 Å². The standard InChI is InChI=1S/C24H27NO5/c1-5-12-30-19-11-6-8-16(13-19)21-20(22(26)15(2)3)23(27)24(28)25(21)17-9-7-10-18(14-17)29-4/h6-11,13-15,21,27H,5,12H2,1-4H3. The second kappa shape index (κ2) is 9.03. The van der Waals surface area contributed by atoms with Crippen LogP contribution in [-0.4, -0.2) is 30.5 Å². The van der Waals surface area contributed by atoms with Crippen LogP contribution in [0.4, 0.5) is 5.69 Å².